The number of nitrogens with one attached hydrogen (secondary N) is 1. The summed E-state index contributed by atoms with van der Waals surface area (Å²) >= 11 is 0. The summed E-state index contributed by atoms with van der Waals surface area (Å²) < 4.78 is 16.4. The van der Waals surface area contributed by atoms with E-state index in [4.69, 9.17) is 14.2 Å². The highest BCUT2D eigenvalue weighted by Crippen LogP contribution is 2.34. The van der Waals surface area contributed by atoms with Crippen LogP contribution in [0.5, 0.6) is 17.2 Å². The molecule has 0 fully saturated rings. The first-order valence-corrected chi connectivity index (χ1v) is 10.4. The van der Waals surface area contributed by atoms with E-state index in [9.17, 15) is 9.59 Å². The average molecular weight is 440 g/mol. The summed E-state index contributed by atoms with van der Waals surface area (Å²) in [5, 5.41) is 2.84. The van der Waals surface area contributed by atoms with Crippen LogP contribution in [0.2, 0.25) is 0 Å². The van der Waals surface area contributed by atoms with Gasteiger partial charge in [0.25, 0.3) is 5.91 Å². The topological polar surface area (TPSA) is 80.3 Å². The molecule has 8 nitrogen and oxygen atoms in total. The van der Waals surface area contributed by atoms with E-state index >= 15 is 0 Å². The lowest BCUT2D eigenvalue weighted by molar-refractivity contribution is -0.121. The van der Waals surface area contributed by atoms with Gasteiger partial charge in [-0.05, 0) is 63.0 Å². The first kappa shape index (κ1) is 23.1. The second-order valence-electron chi connectivity index (χ2n) is 7.49. The van der Waals surface area contributed by atoms with Crippen LogP contribution in [-0.4, -0.2) is 64.2 Å². The number of carbonyl (C=O) groups excluding carboxylic acids is 2. The molecule has 0 bridgehead atoms. The molecule has 2 aromatic rings. The lowest BCUT2D eigenvalue weighted by Crippen LogP contribution is -2.42. The van der Waals surface area contributed by atoms with Gasteiger partial charge in [0.2, 0.25) is 5.91 Å². The van der Waals surface area contributed by atoms with Crippen molar-refractivity contribution in [2.75, 3.05) is 57.7 Å². The molecule has 1 aliphatic heterocycles. The highest BCUT2D eigenvalue weighted by atomic mass is 16.5. The fourth-order valence-electron chi connectivity index (χ4n) is 3.24. The summed E-state index contributed by atoms with van der Waals surface area (Å²) in [4.78, 5) is 28.5. The summed E-state index contributed by atoms with van der Waals surface area (Å²) in [7, 11) is 5.48. The van der Waals surface area contributed by atoms with Crippen LogP contribution >= 0.6 is 0 Å². The number of nitrogens with zero attached hydrogens (tertiary/aromatic N) is 2. The number of methoxy groups -OCH3 is 1. The van der Waals surface area contributed by atoms with Crippen LogP contribution in [0.25, 0.3) is 6.08 Å². The molecule has 0 saturated carbocycles. The Hall–Kier alpha value is -3.52. The number of benzene rings is 2. The monoisotopic (exact) mass is 439 g/mol. The minimum Gasteiger partial charge on any atom is -0.493 e. The third kappa shape index (κ3) is 5.79. The lowest BCUT2D eigenvalue weighted by Gasteiger charge is -2.30. The van der Waals surface area contributed by atoms with Crippen molar-refractivity contribution >= 4 is 29.3 Å². The van der Waals surface area contributed by atoms with Gasteiger partial charge in [-0.25, -0.2) is 0 Å². The van der Waals surface area contributed by atoms with Crippen LogP contribution in [-0.2, 0) is 9.59 Å². The number of hydrogen-bond acceptors (Lipinski definition) is 6. The highest BCUT2D eigenvalue weighted by Gasteiger charge is 2.25. The van der Waals surface area contributed by atoms with Crippen molar-refractivity contribution in [1.29, 1.82) is 0 Å². The van der Waals surface area contributed by atoms with E-state index in [2.05, 4.69) is 5.32 Å². The minimum absolute atomic E-state index is 0.0143. The third-order valence-corrected chi connectivity index (χ3v) is 4.85. The molecule has 0 radical (unpaired) electrons. The molecule has 170 valence electrons. The maximum atomic E-state index is 12.5. The Labute approximate surface area is 188 Å². The number of anilines is 2. The Morgan fingerprint density at radius 2 is 2.03 bits per heavy atom. The van der Waals surface area contributed by atoms with Gasteiger partial charge in [-0.3, -0.25) is 9.59 Å². The fourth-order valence-corrected chi connectivity index (χ4v) is 3.24. The van der Waals surface area contributed by atoms with Gasteiger partial charge in [-0.1, -0.05) is 6.07 Å². The fraction of sp³-hybridized carbons (Fsp3) is 0.333. The molecule has 0 aromatic heterocycles. The second kappa shape index (κ2) is 10.7. The van der Waals surface area contributed by atoms with Gasteiger partial charge in [0.05, 0.1) is 19.4 Å². The van der Waals surface area contributed by atoms with Crippen LogP contribution in [0.1, 0.15) is 12.5 Å². The van der Waals surface area contributed by atoms with E-state index in [-0.39, 0.29) is 18.4 Å². The first-order chi connectivity index (χ1) is 15.4. The number of carbonyl (C=O) groups is 2. The Bertz CT molecular complexity index is 1000. The van der Waals surface area contributed by atoms with Crippen LogP contribution < -0.4 is 24.4 Å². The lowest BCUT2D eigenvalue weighted by atomic mass is 10.1. The maximum Gasteiger partial charge on any atom is 0.265 e. The van der Waals surface area contributed by atoms with E-state index in [0.29, 0.717) is 41.8 Å². The molecule has 2 amide bonds. The molecule has 0 unspecified atom stereocenters. The first-order valence-electron chi connectivity index (χ1n) is 10.4. The number of amides is 2. The van der Waals surface area contributed by atoms with E-state index in [1.807, 2.05) is 38.1 Å². The second-order valence-corrected chi connectivity index (χ2v) is 7.49. The molecule has 0 spiro atoms. The highest BCUT2D eigenvalue weighted by molar-refractivity contribution is 6.03. The van der Waals surface area contributed by atoms with Crippen molar-refractivity contribution < 1.29 is 23.8 Å². The van der Waals surface area contributed by atoms with Crippen molar-refractivity contribution in [3.05, 3.63) is 48.0 Å². The molecular formula is C24H29N3O5. The van der Waals surface area contributed by atoms with Gasteiger partial charge in [-0.2, -0.15) is 0 Å². The van der Waals surface area contributed by atoms with Crippen molar-refractivity contribution in [3.63, 3.8) is 0 Å². The van der Waals surface area contributed by atoms with Crippen LogP contribution in [0.4, 0.5) is 11.4 Å². The van der Waals surface area contributed by atoms with Crippen LogP contribution in [0.15, 0.2) is 42.5 Å². The summed E-state index contributed by atoms with van der Waals surface area (Å²) in [5.41, 5.74) is 2.04. The van der Waals surface area contributed by atoms with Gasteiger partial charge in [0.15, 0.2) is 18.1 Å². The third-order valence-electron chi connectivity index (χ3n) is 4.85. The van der Waals surface area contributed by atoms with Crippen LogP contribution in [0.3, 0.4) is 0 Å². The predicted octanol–water partition coefficient (Wildman–Crippen LogP) is 3.03. The Kier molecular flexibility index (Phi) is 7.72. The Balaban J connectivity index is 1.71. The van der Waals surface area contributed by atoms with Gasteiger partial charge in [0.1, 0.15) is 5.75 Å². The molecule has 1 heterocycles. The zero-order chi connectivity index (χ0) is 23.1. The van der Waals surface area contributed by atoms with Gasteiger partial charge >= 0.3 is 0 Å². The molecule has 3 rings (SSSR count). The standard InChI is InChI=1S/C24H29N3O5/c1-5-31-21-9-6-17(14-22(21)30-4)7-11-23(28)25-18-8-10-20-19(15-18)27(13-12-26(2)3)24(29)16-32-20/h6-11,14-15H,5,12-13,16H2,1-4H3,(H,25,28)/b11-7+. The molecule has 0 saturated heterocycles. The van der Waals surface area contributed by atoms with Gasteiger partial charge in [-0.15, -0.1) is 0 Å². The largest absolute Gasteiger partial charge is 0.493 e. The number of fused-ring (bicyclic) bond motifs is 1. The van der Waals surface area contributed by atoms with E-state index in [1.54, 1.807) is 42.4 Å². The normalized spacial score (nSPS) is 13.2. The number of likely N-dealkylation sites (N-methyl/N-ethyl adjacent to an activating group) is 1. The molecular weight excluding hydrogens is 410 g/mol. The summed E-state index contributed by atoms with van der Waals surface area (Å²) in [6.07, 6.45) is 3.14. The number of ether oxygens (including phenoxy) is 3. The molecule has 2 aromatic carbocycles. The predicted molar refractivity (Wildman–Crippen MR) is 125 cm³/mol. The summed E-state index contributed by atoms with van der Waals surface area (Å²) in [6.45, 7) is 3.72. The molecule has 0 aliphatic carbocycles. The minimum atomic E-state index is -0.291. The van der Waals surface area contributed by atoms with Gasteiger partial charge in [0, 0.05) is 24.9 Å². The number of rotatable bonds is 9. The van der Waals surface area contributed by atoms with Crippen LogP contribution in [0, 0.1) is 0 Å². The number of hydrogen-bond donors (Lipinski definition) is 1. The maximum absolute atomic E-state index is 12.5. The summed E-state index contributed by atoms with van der Waals surface area (Å²) in [6, 6.07) is 10.7. The Morgan fingerprint density at radius 1 is 1.22 bits per heavy atom. The van der Waals surface area contributed by atoms with Crippen molar-refractivity contribution in [2.24, 2.45) is 0 Å². The van der Waals surface area contributed by atoms with E-state index in [1.165, 1.54) is 6.08 Å². The van der Waals surface area contributed by atoms with Crippen molar-refractivity contribution in [2.45, 2.75) is 6.92 Å². The smallest absolute Gasteiger partial charge is 0.265 e. The molecule has 1 aliphatic rings. The Morgan fingerprint density at radius 3 is 2.75 bits per heavy atom. The van der Waals surface area contributed by atoms with Gasteiger partial charge < -0.3 is 29.3 Å². The van der Waals surface area contributed by atoms with Crippen molar-refractivity contribution in [1.82, 2.24) is 4.90 Å². The molecule has 1 N–H and O–H groups in total. The summed E-state index contributed by atoms with van der Waals surface area (Å²) in [5.74, 6) is 1.49. The average Bonchev–Trinajstić information content (AvgIpc) is 2.77. The molecule has 32 heavy (non-hydrogen) atoms. The quantitative estimate of drug-likeness (QED) is 0.605. The van der Waals surface area contributed by atoms with E-state index < -0.39 is 0 Å². The van der Waals surface area contributed by atoms with Crippen molar-refractivity contribution in [3.8, 4) is 17.2 Å². The molecule has 8 heteroatoms. The van der Waals surface area contributed by atoms with E-state index in [0.717, 1.165) is 12.1 Å². The zero-order valence-corrected chi connectivity index (χ0v) is 18.9. The zero-order valence-electron chi connectivity index (χ0n) is 18.9. The molecule has 0 atom stereocenters. The SMILES string of the molecule is CCOc1ccc(/C=C/C(=O)Nc2ccc3c(c2)N(CCN(C)C)C(=O)CO3)cc1OC.